The van der Waals surface area contributed by atoms with E-state index in [4.69, 9.17) is 18.6 Å². The maximum atomic E-state index is 12.0. The molecule has 0 aliphatic carbocycles. The number of aromatic hydroxyl groups is 1. The lowest BCUT2D eigenvalue weighted by Crippen LogP contribution is -2.05. The number of furan rings is 1. The lowest BCUT2D eigenvalue weighted by molar-refractivity contribution is -0.108. The Morgan fingerprint density at radius 1 is 1.00 bits per heavy atom. The highest BCUT2D eigenvalue weighted by atomic mass is 16.5. The van der Waals surface area contributed by atoms with E-state index in [1.165, 1.54) is 21.3 Å². The van der Waals surface area contributed by atoms with Gasteiger partial charge in [0.1, 0.15) is 17.8 Å². The molecule has 3 rings (SSSR count). The fourth-order valence-electron chi connectivity index (χ4n) is 3.01. The molecule has 140 valence electrons. The van der Waals surface area contributed by atoms with Crippen LogP contribution in [-0.4, -0.2) is 32.7 Å². The zero-order chi connectivity index (χ0) is 19.4. The van der Waals surface area contributed by atoms with Crippen LogP contribution in [0.3, 0.4) is 0 Å². The van der Waals surface area contributed by atoms with Crippen molar-refractivity contribution in [2.75, 3.05) is 21.3 Å². The van der Waals surface area contributed by atoms with Gasteiger partial charge in [-0.1, -0.05) is 0 Å². The summed E-state index contributed by atoms with van der Waals surface area (Å²) in [6, 6.07) is 12.0. The zero-order valence-corrected chi connectivity index (χ0v) is 15.3. The highest BCUT2D eigenvalue weighted by Crippen LogP contribution is 2.42. The molecule has 0 saturated heterocycles. The van der Waals surface area contributed by atoms with Gasteiger partial charge < -0.3 is 28.5 Å². The Morgan fingerprint density at radius 2 is 1.70 bits per heavy atom. The highest BCUT2D eigenvalue weighted by Gasteiger charge is 2.23. The van der Waals surface area contributed by atoms with Gasteiger partial charge in [0.15, 0.2) is 11.5 Å². The molecule has 27 heavy (non-hydrogen) atoms. The molecule has 1 aromatic heterocycles. The topological polar surface area (TPSA) is 78.1 Å². The largest absolute Gasteiger partial charge is 0.508 e. The second kappa shape index (κ2) is 7.86. The van der Waals surface area contributed by atoms with Gasteiger partial charge in [0, 0.05) is 11.1 Å². The van der Waals surface area contributed by atoms with Crippen LogP contribution in [0.4, 0.5) is 0 Å². The summed E-state index contributed by atoms with van der Waals surface area (Å²) in [7, 11) is 4.52. The average Bonchev–Trinajstić information content (AvgIpc) is 3.23. The molecule has 6 heteroatoms. The number of phenolic OH excluding ortho intramolecular Hbond substituents is 1. The van der Waals surface area contributed by atoms with Gasteiger partial charge in [0.25, 0.3) is 0 Å². The first-order valence-corrected chi connectivity index (χ1v) is 8.25. The molecule has 0 radical (unpaired) electrons. The minimum Gasteiger partial charge on any atom is -0.508 e. The SMILES string of the molecule is COc1cc(C(C=O)c2cc(-c3ccco3)ccc2O)cc(OC)c1OC. The van der Waals surface area contributed by atoms with Crippen LogP contribution in [0.15, 0.2) is 53.1 Å². The van der Waals surface area contributed by atoms with Gasteiger partial charge in [-0.2, -0.15) is 0 Å². The third kappa shape index (κ3) is 3.46. The molecule has 0 saturated carbocycles. The van der Waals surface area contributed by atoms with Crippen molar-refractivity contribution in [1.29, 1.82) is 0 Å². The van der Waals surface area contributed by atoms with Gasteiger partial charge in [-0.15, -0.1) is 0 Å². The molecule has 1 heterocycles. The van der Waals surface area contributed by atoms with Crippen molar-refractivity contribution in [2.45, 2.75) is 5.92 Å². The summed E-state index contributed by atoms with van der Waals surface area (Å²) in [4.78, 5) is 12.0. The number of benzene rings is 2. The summed E-state index contributed by atoms with van der Waals surface area (Å²) in [5, 5.41) is 10.4. The summed E-state index contributed by atoms with van der Waals surface area (Å²) >= 11 is 0. The zero-order valence-electron chi connectivity index (χ0n) is 15.3. The Hall–Kier alpha value is -3.41. The fraction of sp³-hybridized carbons (Fsp3) is 0.190. The van der Waals surface area contributed by atoms with Crippen molar-refractivity contribution in [3.8, 4) is 34.3 Å². The molecular formula is C21H20O6. The van der Waals surface area contributed by atoms with Gasteiger partial charge in [-0.3, -0.25) is 0 Å². The summed E-state index contributed by atoms with van der Waals surface area (Å²) in [6.07, 6.45) is 2.33. The fourth-order valence-corrected chi connectivity index (χ4v) is 3.01. The van der Waals surface area contributed by atoms with E-state index in [0.717, 1.165) is 11.8 Å². The summed E-state index contributed by atoms with van der Waals surface area (Å²) in [6.45, 7) is 0. The lowest BCUT2D eigenvalue weighted by atomic mass is 9.90. The Labute approximate surface area is 156 Å². The number of methoxy groups -OCH3 is 3. The van der Waals surface area contributed by atoms with E-state index in [1.807, 2.05) is 6.07 Å². The second-order valence-electron chi connectivity index (χ2n) is 5.82. The van der Waals surface area contributed by atoms with E-state index in [1.54, 1.807) is 42.7 Å². The van der Waals surface area contributed by atoms with E-state index < -0.39 is 5.92 Å². The predicted octanol–water partition coefficient (Wildman–Crippen LogP) is 4.01. The summed E-state index contributed by atoms with van der Waals surface area (Å²) in [5.74, 6) is 1.22. The molecule has 2 aromatic carbocycles. The van der Waals surface area contributed by atoms with Crippen molar-refractivity contribution in [3.05, 3.63) is 59.9 Å². The average molecular weight is 368 g/mol. The van der Waals surface area contributed by atoms with E-state index in [9.17, 15) is 9.90 Å². The Balaban J connectivity index is 2.13. The second-order valence-corrected chi connectivity index (χ2v) is 5.82. The van der Waals surface area contributed by atoms with Crippen LogP contribution in [0.25, 0.3) is 11.3 Å². The summed E-state index contributed by atoms with van der Waals surface area (Å²) in [5.41, 5.74) is 1.81. The van der Waals surface area contributed by atoms with Gasteiger partial charge in [-0.25, -0.2) is 0 Å². The highest BCUT2D eigenvalue weighted by molar-refractivity contribution is 5.74. The Kier molecular flexibility index (Phi) is 5.35. The number of hydrogen-bond acceptors (Lipinski definition) is 6. The van der Waals surface area contributed by atoms with Crippen molar-refractivity contribution in [2.24, 2.45) is 0 Å². The third-order valence-electron chi connectivity index (χ3n) is 4.35. The van der Waals surface area contributed by atoms with E-state index in [2.05, 4.69) is 0 Å². The Morgan fingerprint density at radius 3 is 2.22 bits per heavy atom. The van der Waals surface area contributed by atoms with Crippen LogP contribution in [0.2, 0.25) is 0 Å². The molecule has 0 aliphatic heterocycles. The van der Waals surface area contributed by atoms with Gasteiger partial charge >= 0.3 is 0 Å². The quantitative estimate of drug-likeness (QED) is 0.635. The number of aldehydes is 1. The molecule has 1 N–H and O–H groups in total. The van der Waals surface area contributed by atoms with E-state index >= 15 is 0 Å². The number of hydrogen-bond donors (Lipinski definition) is 1. The monoisotopic (exact) mass is 368 g/mol. The minimum atomic E-state index is -0.728. The normalized spacial score (nSPS) is 11.7. The molecule has 0 spiro atoms. The third-order valence-corrected chi connectivity index (χ3v) is 4.35. The number of ether oxygens (including phenoxy) is 3. The van der Waals surface area contributed by atoms with Crippen LogP contribution in [-0.2, 0) is 4.79 Å². The van der Waals surface area contributed by atoms with Gasteiger partial charge in [0.2, 0.25) is 5.75 Å². The molecular weight excluding hydrogens is 348 g/mol. The maximum absolute atomic E-state index is 12.0. The number of rotatable bonds is 7. The van der Waals surface area contributed by atoms with Crippen molar-refractivity contribution >= 4 is 6.29 Å². The molecule has 3 aromatic rings. The molecule has 0 aliphatic rings. The first-order valence-electron chi connectivity index (χ1n) is 8.25. The molecule has 0 fully saturated rings. The van der Waals surface area contributed by atoms with Gasteiger partial charge in [0.05, 0.1) is 33.5 Å². The number of carbonyl (C=O) groups excluding carboxylic acids is 1. The Bertz CT molecular complexity index is 905. The molecule has 0 amide bonds. The van der Waals surface area contributed by atoms with E-state index in [0.29, 0.717) is 34.1 Å². The van der Waals surface area contributed by atoms with Crippen molar-refractivity contribution in [1.82, 2.24) is 0 Å². The number of phenols is 1. The number of carbonyl (C=O) groups is 1. The molecule has 6 nitrogen and oxygen atoms in total. The molecule has 1 atom stereocenters. The van der Waals surface area contributed by atoms with Crippen LogP contribution in [0.1, 0.15) is 17.0 Å². The van der Waals surface area contributed by atoms with Gasteiger partial charge in [-0.05, 0) is 48.0 Å². The van der Waals surface area contributed by atoms with E-state index in [-0.39, 0.29) is 5.75 Å². The summed E-state index contributed by atoms with van der Waals surface area (Å²) < 4.78 is 21.5. The van der Waals surface area contributed by atoms with Crippen LogP contribution < -0.4 is 14.2 Å². The van der Waals surface area contributed by atoms with Crippen LogP contribution >= 0.6 is 0 Å². The molecule has 0 bridgehead atoms. The van der Waals surface area contributed by atoms with Crippen molar-refractivity contribution in [3.63, 3.8) is 0 Å². The van der Waals surface area contributed by atoms with Crippen LogP contribution in [0.5, 0.6) is 23.0 Å². The van der Waals surface area contributed by atoms with Crippen LogP contribution in [0, 0.1) is 0 Å². The molecule has 1 unspecified atom stereocenters. The smallest absolute Gasteiger partial charge is 0.203 e. The predicted molar refractivity (Wildman–Crippen MR) is 99.8 cm³/mol. The first-order chi connectivity index (χ1) is 13.1. The first kappa shape index (κ1) is 18.4. The van der Waals surface area contributed by atoms with Crippen molar-refractivity contribution < 1.29 is 28.5 Å². The maximum Gasteiger partial charge on any atom is 0.203 e. The standard InChI is InChI=1S/C21H20O6/c1-24-19-10-14(11-20(25-2)21(19)26-3)16(12-22)15-9-13(6-7-17(15)23)18-5-4-8-27-18/h4-12,16,23H,1-3H3. The minimum absolute atomic E-state index is 0.0103. The lowest BCUT2D eigenvalue weighted by Gasteiger charge is -2.18.